The SMILES string of the molecule is Fc1ccc(-c2ccc(N(c3ccc(-c4ccccc4)cc3)c3cccc4c3sc3ccccc34)cc2)c2cccc(-c3ccccc3)c12. The number of benzene rings is 8. The Kier molecular flexibility index (Phi) is 7.26. The van der Waals surface area contributed by atoms with Gasteiger partial charge in [-0.15, -0.1) is 11.3 Å². The van der Waals surface area contributed by atoms with Crippen molar-refractivity contribution < 1.29 is 4.39 Å². The van der Waals surface area contributed by atoms with Crippen molar-refractivity contribution in [2.75, 3.05) is 4.90 Å². The lowest BCUT2D eigenvalue weighted by Gasteiger charge is -2.26. The van der Waals surface area contributed by atoms with Crippen molar-refractivity contribution in [2.45, 2.75) is 0 Å². The molecule has 0 unspecified atom stereocenters. The Labute approximate surface area is 288 Å². The van der Waals surface area contributed by atoms with Gasteiger partial charge in [-0.2, -0.15) is 0 Å². The van der Waals surface area contributed by atoms with E-state index in [-0.39, 0.29) is 5.82 Å². The lowest BCUT2D eigenvalue weighted by Crippen LogP contribution is -2.10. The number of thiophene rings is 1. The van der Waals surface area contributed by atoms with Crippen molar-refractivity contribution in [1.82, 2.24) is 0 Å². The molecule has 9 aromatic rings. The molecule has 0 saturated heterocycles. The van der Waals surface area contributed by atoms with Crippen molar-refractivity contribution >= 4 is 59.3 Å². The average molecular weight is 648 g/mol. The molecule has 1 nitrogen and oxygen atoms in total. The van der Waals surface area contributed by atoms with Gasteiger partial charge in [-0.3, -0.25) is 0 Å². The molecule has 232 valence electrons. The fourth-order valence-corrected chi connectivity index (χ4v) is 8.24. The van der Waals surface area contributed by atoms with Gasteiger partial charge in [0.2, 0.25) is 0 Å². The standard InChI is InChI=1S/C46H30FNS/c47-42-30-29-37(40-17-9-16-38(45(40)42)33-13-5-2-6-14-33)34-23-27-36(28-24-34)48(35-25-21-32(22-26-35)31-11-3-1-4-12-31)43-19-10-18-41-39-15-7-8-20-44(39)49-46(41)43/h1-30H. The van der Waals surface area contributed by atoms with E-state index in [1.54, 1.807) is 6.07 Å². The fraction of sp³-hybridized carbons (Fsp3) is 0. The number of fused-ring (bicyclic) bond motifs is 4. The molecule has 0 radical (unpaired) electrons. The van der Waals surface area contributed by atoms with Crippen LogP contribution in [0, 0.1) is 5.82 Å². The van der Waals surface area contributed by atoms with Crippen LogP contribution in [0.3, 0.4) is 0 Å². The first-order valence-corrected chi connectivity index (χ1v) is 17.3. The number of hydrogen-bond acceptors (Lipinski definition) is 2. The van der Waals surface area contributed by atoms with E-state index in [9.17, 15) is 0 Å². The van der Waals surface area contributed by atoms with Gasteiger partial charge >= 0.3 is 0 Å². The van der Waals surface area contributed by atoms with Crippen LogP contribution in [0.5, 0.6) is 0 Å². The predicted molar refractivity (Wildman–Crippen MR) is 208 cm³/mol. The van der Waals surface area contributed by atoms with E-state index < -0.39 is 0 Å². The van der Waals surface area contributed by atoms with Gasteiger partial charge in [-0.1, -0.05) is 140 Å². The van der Waals surface area contributed by atoms with E-state index in [1.807, 2.05) is 72.0 Å². The minimum atomic E-state index is -0.212. The minimum absolute atomic E-state index is 0.212. The van der Waals surface area contributed by atoms with Crippen LogP contribution in [-0.4, -0.2) is 0 Å². The molecule has 49 heavy (non-hydrogen) atoms. The summed E-state index contributed by atoms with van der Waals surface area (Å²) in [5.41, 5.74) is 9.59. The number of halogens is 1. The van der Waals surface area contributed by atoms with Crippen LogP contribution in [0.25, 0.3) is 64.3 Å². The maximum atomic E-state index is 15.5. The van der Waals surface area contributed by atoms with Crippen molar-refractivity contribution in [2.24, 2.45) is 0 Å². The predicted octanol–water partition coefficient (Wildman–Crippen LogP) is 13.8. The summed E-state index contributed by atoms with van der Waals surface area (Å²) in [5.74, 6) is -0.212. The van der Waals surface area contributed by atoms with Crippen LogP contribution in [0.4, 0.5) is 21.5 Å². The third-order valence-corrected chi connectivity index (χ3v) is 10.6. The molecule has 0 aliphatic rings. The zero-order valence-corrected chi connectivity index (χ0v) is 27.4. The van der Waals surface area contributed by atoms with Crippen molar-refractivity contribution in [3.63, 3.8) is 0 Å². The molecule has 1 aromatic heterocycles. The monoisotopic (exact) mass is 647 g/mol. The van der Waals surface area contributed by atoms with Gasteiger partial charge in [0.25, 0.3) is 0 Å². The zero-order chi connectivity index (χ0) is 32.7. The van der Waals surface area contributed by atoms with Crippen molar-refractivity contribution in [1.29, 1.82) is 0 Å². The summed E-state index contributed by atoms with van der Waals surface area (Å²) >= 11 is 1.83. The molecule has 0 aliphatic heterocycles. The van der Waals surface area contributed by atoms with E-state index >= 15 is 4.39 Å². The van der Waals surface area contributed by atoms with Gasteiger partial charge in [-0.05, 0) is 81.2 Å². The normalized spacial score (nSPS) is 11.4. The first kappa shape index (κ1) is 29.1. The van der Waals surface area contributed by atoms with Gasteiger partial charge in [0.1, 0.15) is 5.82 Å². The van der Waals surface area contributed by atoms with Crippen molar-refractivity contribution in [3.05, 3.63) is 188 Å². The van der Waals surface area contributed by atoms with Crippen molar-refractivity contribution in [3.8, 4) is 33.4 Å². The maximum Gasteiger partial charge on any atom is 0.131 e. The van der Waals surface area contributed by atoms with Crippen LogP contribution in [0.1, 0.15) is 0 Å². The van der Waals surface area contributed by atoms with Crippen LogP contribution in [-0.2, 0) is 0 Å². The van der Waals surface area contributed by atoms with Gasteiger partial charge in [0.05, 0.1) is 10.4 Å². The number of rotatable bonds is 6. The molecule has 0 bridgehead atoms. The Morgan fingerprint density at radius 2 is 0.939 bits per heavy atom. The number of hydrogen-bond donors (Lipinski definition) is 0. The highest BCUT2D eigenvalue weighted by Gasteiger charge is 2.19. The number of anilines is 3. The first-order valence-electron chi connectivity index (χ1n) is 16.5. The van der Waals surface area contributed by atoms with Crippen LogP contribution >= 0.6 is 11.3 Å². The largest absolute Gasteiger partial charge is 0.309 e. The maximum absolute atomic E-state index is 15.5. The molecular formula is C46H30FNS. The summed E-state index contributed by atoms with van der Waals surface area (Å²) < 4.78 is 18.0. The summed E-state index contributed by atoms with van der Waals surface area (Å²) in [6, 6.07) is 62.8. The van der Waals surface area contributed by atoms with E-state index in [0.717, 1.165) is 44.7 Å². The van der Waals surface area contributed by atoms with Crippen LogP contribution in [0.15, 0.2) is 182 Å². The lowest BCUT2D eigenvalue weighted by atomic mass is 9.92. The molecule has 0 fully saturated rings. The topological polar surface area (TPSA) is 3.24 Å². The fourth-order valence-electron chi connectivity index (χ4n) is 7.03. The van der Waals surface area contributed by atoms with Gasteiger partial charge in [-0.25, -0.2) is 4.39 Å². The van der Waals surface area contributed by atoms with E-state index in [0.29, 0.717) is 5.39 Å². The molecule has 0 aliphatic carbocycles. The van der Waals surface area contributed by atoms with Gasteiger partial charge < -0.3 is 4.90 Å². The van der Waals surface area contributed by atoms with Crippen LogP contribution in [0.2, 0.25) is 0 Å². The second kappa shape index (κ2) is 12.2. The zero-order valence-electron chi connectivity index (χ0n) is 26.6. The summed E-state index contributed by atoms with van der Waals surface area (Å²) in [5, 5.41) is 4.08. The van der Waals surface area contributed by atoms with Gasteiger partial charge in [0.15, 0.2) is 0 Å². The molecule has 0 atom stereocenters. The highest BCUT2D eigenvalue weighted by Crippen LogP contribution is 2.45. The van der Waals surface area contributed by atoms with E-state index in [1.165, 1.54) is 31.3 Å². The third-order valence-electron chi connectivity index (χ3n) is 9.37. The Morgan fingerprint density at radius 1 is 0.388 bits per heavy atom. The molecule has 0 saturated carbocycles. The quantitative estimate of drug-likeness (QED) is 0.174. The third kappa shape index (κ3) is 5.16. The second-order valence-electron chi connectivity index (χ2n) is 12.2. The number of nitrogens with zero attached hydrogens (tertiary/aromatic N) is 1. The lowest BCUT2D eigenvalue weighted by molar-refractivity contribution is 0.640. The molecule has 9 rings (SSSR count). The molecule has 8 aromatic carbocycles. The highest BCUT2D eigenvalue weighted by molar-refractivity contribution is 7.26. The smallest absolute Gasteiger partial charge is 0.131 e. The summed E-state index contributed by atoms with van der Waals surface area (Å²) in [7, 11) is 0. The Balaban J connectivity index is 1.18. The molecule has 1 heterocycles. The average Bonchev–Trinajstić information content (AvgIpc) is 3.56. The molecule has 3 heteroatoms. The molecule has 0 spiro atoms. The first-order chi connectivity index (χ1) is 24.2. The molecule has 0 N–H and O–H groups in total. The summed E-state index contributed by atoms with van der Waals surface area (Å²) in [6.45, 7) is 0. The van der Waals surface area contributed by atoms with Crippen LogP contribution < -0.4 is 4.90 Å². The summed E-state index contributed by atoms with van der Waals surface area (Å²) in [4.78, 5) is 2.35. The molecular weight excluding hydrogens is 618 g/mol. The molecule has 0 amide bonds. The Morgan fingerprint density at radius 3 is 1.67 bits per heavy atom. The van der Waals surface area contributed by atoms with Gasteiger partial charge in [0, 0.05) is 32.2 Å². The summed E-state index contributed by atoms with van der Waals surface area (Å²) in [6.07, 6.45) is 0. The highest BCUT2D eigenvalue weighted by atomic mass is 32.1. The minimum Gasteiger partial charge on any atom is -0.309 e. The Bertz CT molecular complexity index is 2590. The Hall–Kier alpha value is -6.03. The van der Waals surface area contributed by atoms with E-state index in [4.69, 9.17) is 0 Å². The second-order valence-corrected chi connectivity index (χ2v) is 13.3. The van der Waals surface area contributed by atoms with E-state index in [2.05, 4.69) is 120 Å².